The first kappa shape index (κ1) is 82.4. The second kappa shape index (κ2) is 36.3. The summed E-state index contributed by atoms with van der Waals surface area (Å²) in [5.74, 6) is -1.44. The first-order valence-electron chi connectivity index (χ1n) is 27.5. The van der Waals surface area contributed by atoms with Gasteiger partial charge in [0.05, 0.1) is 6.61 Å². The van der Waals surface area contributed by atoms with E-state index in [2.05, 4.69) is 187 Å². The van der Waals surface area contributed by atoms with Crippen LogP contribution in [-0.4, -0.2) is 204 Å². The van der Waals surface area contributed by atoms with Gasteiger partial charge in [0, 0.05) is 27.7 Å². The molecule has 2 fully saturated rings. The van der Waals surface area contributed by atoms with E-state index < -0.39 is 141 Å². The first-order chi connectivity index (χ1) is 40.1. The number of anilines is 4. The van der Waals surface area contributed by atoms with E-state index in [0.29, 0.717) is 23.9 Å². The molecule has 4 aromatic heterocycles. The minimum atomic E-state index is -1.65. The van der Waals surface area contributed by atoms with Crippen LogP contribution in [0.3, 0.4) is 0 Å². The Bertz CT molecular complexity index is 2810. The Morgan fingerprint density at radius 3 is 1.37 bits per heavy atom. The van der Waals surface area contributed by atoms with Crippen molar-refractivity contribution in [2.24, 2.45) is 0 Å². The third-order valence-corrected chi connectivity index (χ3v) is 18.9. The minimum absolute atomic E-state index is 0. The summed E-state index contributed by atoms with van der Waals surface area (Å²) >= 11 is 0. The molecular weight excluding hydrogens is 1270 g/mol. The van der Waals surface area contributed by atoms with Crippen molar-refractivity contribution >= 4 is 97.2 Å². The van der Waals surface area contributed by atoms with Crippen LogP contribution in [0.1, 0.15) is 41.3 Å². The van der Waals surface area contributed by atoms with Gasteiger partial charge in [0.25, 0.3) is 0 Å². The van der Waals surface area contributed by atoms with Gasteiger partial charge >= 0.3 is 47.3 Å². The van der Waals surface area contributed by atoms with Crippen LogP contribution in [0.25, 0.3) is 0 Å². The molecule has 0 saturated carbocycles. The maximum absolute atomic E-state index is 11.5. The van der Waals surface area contributed by atoms with Crippen LogP contribution in [0.2, 0.25) is 118 Å². The summed E-state index contributed by atoms with van der Waals surface area (Å²) < 4.78 is 46.4. The number of carbonyl (C=O) groups excluding carboxylic acids is 4. The molecule has 0 bridgehead atoms. The monoisotopic (exact) mass is 1360 g/mol. The highest BCUT2D eigenvalue weighted by molar-refractivity contribution is 6.90. The highest BCUT2D eigenvalue weighted by atomic mass is 28.4. The minimum Gasteiger partial charge on any atom is -0.518 e. The second-order valence-corrected chi connectivity index (χ2v) is 53.8. The quantitative estimate of drug-likeness (QED) is 0.0417. The maximum atomic E-state index is 11.5. The lowest BCUT2D eigenvalue weighted by atomic mass is 10.1. The Hall–Kier alpha value is -6.62. The van der Waals surface area contributed by atoms with E-state index >= 15 is 0 Å². The summed E-state index contributed by atoms with van der Waals surface area (Å²) in [4.78, 5) is 113. The summed E-state index contributed by atoms with van der Waals surface area (Å²) in [5.41, 5.74) is 9.03. The maximum Gasteiger partial charge on any atom is 0.354 e. The molecule has 89 heavy (non-hydrogen) atoms. The average molecular weight is 1360 g/mol. The SMILES string of the molecule is C.CC(=O)OC[C@H]1O[C@@H](OC(C)=O)C(OC(C)=O)[C@H]1OC(C)=O.C[Si](C)(C)N[Si](C)(C)C.C[Si](C)(C)Nc1ncnc(O[Si](C)(C)C)n1.C[Si](C)(C)Nc1ncnc(O[Si](C)(C)C)n1.Nc1ncn([C@@H]2O[C@H](CO)[C@H](O)C2O)c(=O)n1.Nc1ncnc(=O)[nH]1. The van der Waals surface area contributed by atoms with Crippen molar-refractivity contribution in [3.63, 3.8) is 0 Å². The van der Waals surface area contributed by atoms with Gasteiger partial charge in [-0.1, -0.05) is 86.0 Å². The molecule has 6 rings (SSSR count). The van der Waals surface area contributed by atoms with Crippen LogP contribution >= 0.6 is 0 Å². The van der Waals surface area contributed by atoms with Gasteiger partial charge in [0.2, 0.25) is 52.8 Å². The molecule has 4 aromatic rings. The summed E-state index contributed by atoms with van der Waals surface area (Å²) in [7, 11) is -8.11. The Labute approximate surface area is 525 Å². The lowest BCUT2D eigenvalue weighted by Gasteiger charge is -2.28. The zero-order valence-corrected chi connectivity index (χ0v) is 60.5. The molecule has 2 aliphatic rings. The number of nitrogens with zero attached hydrogens (tertiary/aromatic N) is 11. The van der Waals surface area contributed by atoms with Crippen LogP contribution < -0.4 is 46.3 Å². The molecule has 504 valence electrons. The lowest BCUT2D eigenvalue weighted by molar-refractivity contribution is -0.197. The van der Waals surface area contributed by atoms with Crippen molar-refractivity contribution < 1.29 is 71.8 Å². The molecule has 40 heteroatoms. The largest absolute Gasteiger partial charge is 0.518 e. The number of aromatic nitrogens is 12. The van der Waals surface area contributed by atoms with Gasteiger partial charge in [-0.2, -0.15) is 29.9 Å². The molecule has 6 heterocycles. The summed E-state index contributed by atoms with van der Waals surface area (Å²) in [6.07, 6.45) is -3.99. The van der Waals surface area contributed by atoms with Crippen molar-refractivity contribution in [1.82, 2.24) is 64.0 Å². The number of ether oxygens (including phenoxy) is 6. The van der Waals surface area contributed by atoms with Crippen molar-refractivity contribution in [1.29, 1.82) is 0 Å². The van der Waals surface area contributed by atoms with E-state index in [0.717, 1.165) is 38.0 Å². The predicted octanol–water partition coefficient (Wildman–Crippen LogP) is 2.83. The van der Waals surface area contributed by atoms with Crippen molar-refractivity contribution in [2.75, 3.05) is 34.6 Å². The molecule has 0 spiro atoms. The van der Waals surface area contributed by atoms with Crippen molar-refractivity contribution in [3.8, 4) is 12.0 Å². The zero-order valence-electron chi connectivity index (χ0n) is 54.5. The molecule has 2 saturated heterocycles. The van der Waals surface area contributed by atoms with Gasteiger partial charge in [-0.3, -0.25) is 28.7 Å². The lowest BCUT2D eigenvalue weighted by Crippen LogP contribution is -2.55. The fourth-order valence-corrected chi connectivity index (χ4v) is 18.9. The van der Waals surface area contributed by atoms with Gasteiger partial charge in [-0.25, -0.2) is 29.5 Å². The highest BCUT2D eigenvalue weighted by Gasteiger charge is 2.51. The average Bonchev–Trinajstić information content (AvgIpc) is 2.08. The van der Waals surface area contributed by atoms with Crippen molar-refractivity contribution in [3.05, 3.63) is 46.3 Å². The number of nitrogen functional groups attached to an aromatic ring is 2. The Kier molecular flexibility index (Phi) is 33.6. The van der Waals surface area contributed by atoms with Crippen LogP contribution in [0.4, 0.5) is 23.8 Å². The topological polar surface area (TPSA) is 475 Å². The molecule has 11 N–H and O–H groups in total. The number of rotatable bonds is 17. The van der Waals surface area contributed by atoms with E-state index in [9.17, 15) is 39.0 Å². The van der Waals surface area contributed by atoms with E-state index in [4.69, 9.17) is 53.8 Å². The normalized spacial score (nSPS) is 19.6. The van der Waals surface area contributed by atoms with Gasteiger partial charge in [0.15, 0.2) is 12.3 Å². The number of esters is 4. The summed E-state index contributed by atoms with van der Waals surface area (Å²) in [6.45, 7) is 43.8. The van der Waals surface area contributed by atoms with E-state index in [1.54, 1.807) is 0 Å². The van der Waals surface area contributed by atoms with E-state index in [1.165, 1.54) is 19.6 Å². The molecule has 8 atom stereocenters. The summed E-state index contributed by atoms with van der Waals surface area (Å²) in [5, 5.41) is 28.1. The number of nitrogens with two attached hydrogens (primary N) is 2. The molecular formula is C49H97N17O17Si6. The zero-order chi connectivity index (χ0) is 67.9. The number of H-pyrrole nitrogens is 1. The number of hydrogen-bond donors (Lipinski definition) is 9. The van der Waals surface area contributed by atoms with Crippen molar-refractivity contribution in [2.45, 2.75) is 202 Å². The number of aromatic amines is 1. The second-order valence-electron chi connectivity index (χ2n) is 25.4. The van der Waals surface area contributed by atoms with Crippen LogP contribution in [0, 0.1) is 0 Å². The number of aliphatic hydroxyl groups is 3. The predicted molar refractivity (Wildman–Crippen MR) is 347 cm³/mol. The Balaban J connectivity index is 0.00000107. The number of nitrogens with one attached hydrogen (secondary N) is 4. The molecule has 0 amide bonds. The van der Waals surface area contributed by atoms with Crippen LogP contribution in [0.5, 0.6) is 12.0 Å². The standard InChI is InChI=1S/C13H18O9.2C9H20N4OSi2.C8H12N4O5.C6H19NSi2.C3H4N4O.CH4/c1-6(14)18-5-10-11(19-7(2)15)12(20-8(3)16)13(22-10)21-9(4)17;2*1-15(2,3)13-8-10-7-11-9(12-8)14-16(4,5)6;9-7-10-2-12(8(16)11-7)6-5(15)4(14)3(1-13)17-6;1-8(2,3)7-9(4,5)6;4-2-5-1-6-3(8)7-2;/h10-13H,5H2,1-4H3;2*7H,1-6H3,(H,10,11,12,13);2-6,13-15H,1H2,(H2,9,11,16);7H,1-6H3;1H,(H3,4,5,6,7,8);1H4/t10-,11+,12?,13-;;;3-,4+,5?,6-;;;/m1..1.../s1. The highest BCUT2D eigenvalue weighted by Crippen LogP contribution is 2.29. The number of hydrogen-bond acceptors (Lipinski definition) is 32. The first-order valence-corrected chi connectivity index (χ1v) is 48.3. The molecule has 0 radical (unpaired) electrons. The third-order valence-electron chi connectivity index (χ3n) is 9.37. The van der Waals surface area contributed by atoms with Gasteiger partial charge in [-0.05, 0) is 39.3 Å². The molecule has 0 aliphatic carbocycles. The molecule has 2 unspecified atom stereocenters. The fourth-order valence-electron chi connectivity index (χ4n) is 7.02. The molecule has 2 aliphatic heterocycles. The fraction of sp³-hybridized carbons (Fsp3) is 0.673. The number of carbonyl (C=O) groups is 4. The van der Waals surface area contributed by atoms with Crippen LogP contribution in [-0.2, 0) is 47.6 Å². The van der Waals surface area contributed by atoms with Gasteiger partial charge in [-0.15, -0.1) is 0 Å². The Morgan fingerprint density at radius 1 is 0.584 bits per heavy atom. The van der Waals surface area contributed by atoms with Gasteiger partial charge in [0.1, 0.15) is 89.3 Å². The molecule has 0 aromatic carbocycles. The van der Waals surface area contributed by atoms with Gasteiger partial charge < -0.3 is 78.7 Å². The molecule has 34 nitrogen and oxygen atoms in total. The smallest absolute Gasteiger partial charge is 0.354 e. The summed E-state index contributed by atoms with van der Waals surface area (Å²) in [6, 6.07) is 0.852. The van der Waals surface area contributed by atoms with E-state index in [-0.39, 0.29) is 25.9 Å². The third kappa shape index (κ3) is 37.2. The van der Waals surface area contributed by atoms with Crippen LogP contribution in [0.15, 0.2) is 34.9 Å². The van der Waals surface area contributed by atoms with E-state index in [1.807, 2.05) is 0 Å². The Morgan fingerprint density at radius 2 is 1.03 bits per heavy atom. The number of aliphatic hydroxyl groups excluding tert-OH is 3.